The zero-order valence-corrected chi connectivity index (χ0v) is 13.7. The van der Waals surface area contributed by atoms with Crippen molar-refractivity contribution < 1.29 is 23.8 Å². The number of aliphatic carboxylic acids is 1. The van der Waals surface area contributed by atoms with Crippen molar-refractivity contribution in [2.75, 3.05) is 33.9 Å². The minimum absolute atomic E-state index is 0.318. The fraction of sp³-hybridized carbons (Fsp3) is 0.588. The van der Waals surface area contributed by atoms with E-state index in [1.165, 1.54) is 12.1 Å². The van der Waals surface area contributed by atoms with Crippen LogP contribution in [0.15, 0.2) is 18.2 Å². The molecule has 1 atom stereocenters. The molecule has 0 aromatic heterocycles. The number of piperidine rings is 1. The van der Waals surface area contributed by atoms with Crippen LogP contribution < -0.4 is 4.74 Å². The van der Waals surface area contributed by atoms with Crippen LogP contribution in [-0.2, 0) is 16.1 Å². The molecule has 23 heavy (non-hydrogen) atoms. The van der Waals surface area contributed by atoms with Gasteiger partial charge in [0.05, 0.1) is 12.5 Å². The van der Waals surface area contributed by atoms with E-state index < -0.39 is 11.4 Å². The minimum Gasteiger partial charge on any atom is -0.496 e. The van der Waals surface area contributed by atoms with Gasteiger partial charge in [0.25, 0.3) is 0 Å². The van der Waals surface area contributed by atoms with Gasteiger partial charge >= 0.3 is 5.97 Å². The molecule has 128 valence electrons. The number of carboxylic acids is 1. The zero-order chi connectivity index (χ0) is 16.9. The quantitative estimate of drug-likeness (QED) is 0.835. The van der Waals surface area contributed by atoms with Crippen LogP contribution in [0.4, 0.5) is 4.39 Å². The molecule has 0 saturated carbocycles. The lowest BCUT2D eigenvalue weighted by Crippen LogP contribution is -2.48. The first kappa shape index (κ1) is 17.7. The Morgan fingerprint density at radius 1 is 1.43 bits per heavy atom. The molecule has 0 bridgehead atoms. The summed E-state index contributed by atoms with van der Waals surface area (Å²) in [6, 6.07) is 4.41. The van der Waals surface area contributed by atoms with E-state index in [-0.39, 0.29) is 5.82 Å². The molecule has 6 heteroatoms. The maximum atomic E-state index is 13.5. The first-order valence-electron chi connectivity index (χ1n) is 7.78. The highest BCUT2D eigenvalue weighted by molar-refractivity contribution is 5.75. The van der Waals surface area contributed by atoms with Crippen LogP contribution in [-0.4, -0.2) is 49.9 Å². The Morgan fingerprint density at radius 3 is 2.87 bits per heavy atom. The molecule has 1 saturated heterocycles. The van der Waals surface area contributed by atoms with Crippen molar-refractivity contribution in [1.82, 2.24) is 4.90 Å². The van der Waals surface area contributed by atoms with E-state index in [0.29, 0.717) is 38.3 Å². The van der Waals surface area contributed by atoms with Gasteiger partial charge in [-0.2, -0.15) is 0 Å². The van der Waals surface area contributed by atoms with Gasteiger partial charge in [-0.15, -0.1) is 0 Å². The van der Waals surface area contributed by atoms with Crippen molar-refractivity contribution >= 4 is 5.97 Å². The summed E-state index contributed by atoms with van der Waals surface area (Å²) >= 11 is 0. The highest BCUT2D eigenvalue weighted by Crippen LogP contribution is 2.35. The first-order valence-corrected chi connectivity index (χ1v) is 7.78. The molecule has 1 fully saturated rings. The van der Waals surface area contributed by atoms with Crippen LogP contribution in [0.3, 0.4) is 0 Å². The predicted octanol–water partition coefficient (Wildman–Crippen LogP) is 2.54. The van der Waals surface area contributed by atoms with Crippen LogP contribution in [0.2, 0.25) is 0 Å². The summed E-state index contributed by atoms with van der Waals surface area (Å²) in [6.45, 7) is 2.12. The number of hydrogen-bond donors (Lipinski definition) is 1. The van der Waals surface area contributed by atoms with Gasteiger partial charge in [-0.1, -0.05) is 0 Å². The molecule has 0 radical (unpaired) electrons. The number of rotatable bonds is 7. The summed E-state index contributed by atoms with van der Waals surface area (Å²) in [5.41, 5.74) is -0.0603. The monoisotopic (exact) mass is 325 g/mol. The largest absolute Gasteiger partial charge is 0.496 e. The van der Waals surface area contributed by atoms with E-state index in [2.05, 4.69) is 4.90 Å². The number of ether oxygens (including phenoxy) is 2. The topological polar surface area (TPSA) is 59.0 Å². The number of carbonyl (C=O) groups is 1. The Kier molecular flexibility index (Phi) is 5.96. The molecule has 2 rings (SSSR count). The SMILES string of the molecule is COCCC1(C(=O)O)CCCN(Cc2cc(F)ccc2OC)C1. The lowest BCUT2D eigenvalue weighted by molar-refractivity contribution is -0.154. The molecule has 0 amide bonds. The average molecular weight is 325 g/mol. The minimum atomic E-state index is -0.797. The molecular formula is C17H24FNO4. The Morgan fingerprint density at radius 2 is 2.22 bits per heavy atom. The molecule has 1 heterocycles. The van der Waals surface area contributed by atoms with Crippen LogP contribution in [0, 0.1) is 11.2 Å². The van der Waals surface area contributed by atoms with Crippen molar-refractivity contribution in [3.05, 3.63) is 29.6 Å². The number of nitrogens with zero attached hydrogens (tertiary/aromatic N) is 1. The summed E-state index contributed by atoms with van der Waals surface area (Å²) in [5.74, 6) is -0.484. The maximum Gasteiger partial charge on any atom is 0.311 e. The smallest absolute Gasteiger partial charge is 0.311 e. The predicted molar refractivity (Wildman–Crippen MR) is 84.0 cm³/mol. The second-order valence-electron chi connectivity index (χ2n) is 6.10. The third-order valence-corrected chi connectivity index (χ3v) is 4.53. The number of benzene rings is 1. The molecular weight excluding hydrogens is 301 g/mol. The lowest BCUT2D eigenvalue weighted by Gasteiger charge is -2.40. The third-order valence-electron chi connectivity index (χ3n) is 4.53. The normalized spacial score (nSPS) is 22.0. The van der Waals surface area contributed by atoms with E-state index in [1.54, 1.807) is 20.3 Å². The van der Waals surface area contributed by atoms with Gasteiger partial charge in [-0.25, -0.2) is 4.39 Å². The van der Waals surface area contributed by atoms with E-state index in [4.69, 9.17) is 9.47 Å². The molecule has 1 aromatic rings. The maximum absolute atomic E-state index is 13.5. The van der Waals surface area contributed by atoms with Gasteiger partial charge in [0, 0.05) is 32.4 Å². The van der Waals surface area contributed by atoms with Crippen molar-refractivity contribution in [2.24, 2.45) is 5.41 Å². The van der Waals surface area contributed by atoms with Gasteiger partial charge in [-0.05, 0) is 44.0 Å². The van der Waals surface area contributed by atoms with Crippen molar-refractivity contribution in [2.45, 2.75) is 25.8 Å². The standard InChI is InChI=1S/C17H24FNO4/c1-22-9-7-17(16(20)21)6-3-8-19(12-17)11-13-10-14(18)4-5-15(13)23-2/h4-5,10H,3,6-9,11-12H2,1-2H3,(H,20,21). The zero-order valence-electron chi connectivity index (χ0n) is 13.7. The summed E-state index contributed by atoms with van der Waals surface area (Å²) in [4.78, 5) is 13.9. The molecule has 5 nitrogen and oxygen atoms in total. The van der Waals surface area contributed by atoms with E-state index >= 15 is 0 Å². The fourth-order valence-electron chi connectivity index (χ4n) is 3.26. The fourth-order valence-corrected chi connectivity index (χ4v) is 3.26. The molecule has 0 aliphatic carbocycles. The average Bonchev–Trinajstić information content (AvgIpc) is 2.53. The van der Waals surface area contributed by atoms with Gasteiger partial charge in [-0.3, -0.25) is 9.69 Å². The Hall–Kier alpha value is -1.66. The summed E-state index contributed by atoms with van der Waals surface area (Å²) < 4.78 is 23.9. The van der Waals surface area contributed by atoms with Crippen molar-refractivity contribution in [3.8, 4) is 5.75 Å². The van der Waals surface area contributed by atoms with Gasteiger partial charge in [0.15, 0.2) is 0 Å². The highest BCUT2D eigenvalue weighted by atomic mass is 19.1. The first-order chi connectivity index (χ1) is 11.0. The lowest BCUT2D eigenvalue weighted by atomic mass is 9.77. The number of halogens is 1. The number of hydrogen-bond acceptors (Lipinski definition) is 4. The highest BCUT2D eigenvalue weighted by Gasteiger charge is 2.42. The molecule has 1 aromatic carbocycles. The second kappa shape index (κ2) is 7.75. The van der Waals surface area contributed by atoms with Gasteiger partial charge in [0.1, 0.15) is 11.6 Å². The van der Waals surface area contributed by atoms with Crippen LogP contribution in [0.1, 0.15) is 24.8 Å². The van der Waals surface area contributed by atoms with Crippen LogP contribution in [0.25, 0.3) is 0 Å². The Labute approximate surface area is 136 Å². The molecule has 1 unspecified atom stereocenters. The molecule has 0 spiro atoms. The number of carboxylic acid groups (broad SMARTS) is 1. The second-order valence-corrected chi connectivity index (χ2v) is 6.10. The number of likely N-dealkylation sites (tertiary alicyclic amines) is 1. The van der Waals surface area contributed by atoms with Gasteiger partial charge in [0.2, 0.25) is 0 Å². The Balaban J connectivity index is 2.14. The third kappa shape index (κ3) is 4.20. The molecule has 1 N–H and O–H groups in total. The molecule has 1 aliphatic rings. The summed E-state index contributed by atoms with van der Waals surface area (Å²) in [6.07, 6.45) is 1.92. The number of methoxy groups -OCH3 is 2. The summed E-state index contributed by atoms with van der Waals surface area (Å²) in [7, 11) is 3.13. The van der Waals surface area contributed by atoms with Crippen LogP contribution >= 0.6 is 0 Å². The van der Waals surface area contributed by atoms with E-state index in [0.717, 1.165) is 18.5 Å². The van der Waals surface area contributed by atoms with Crippen molar-refractivity contribution in [1.29, 1.82) is 0 Å². The van der Waals surface area contributed by atoms with Crippen molar-refractivity contribution in [3.63, 3.8) is 0 Å². The molecule has 1 aliphatic heterocycles. The van der Waals surface area contributed by atoms with E-state index in [9.17, 15) is 14.3 Å². The summed E-state index contributed by atoms with van der Waals surface area (Å²) in [5, 5.41) is 9.68. The van der Waals surface area contributed by atoms with Gasteiger partial charge < -0.3 is 14.6 Å². The van der Waals surface area contributed by atoms with E-state index in [1.807, 2.05) is 0 Å². The van der Waals surface area contributed by atoms with Crippen LogP contribution in [0.5, 0.6) is 5.75 Å². The Bertz CT molecular complexity index is 551.